The predicted octanol–water partition coefficient (Wildman–Crippen LogP) is -1.16. The molecule has 0 spiro atoms. The summed E-state index contributed by atoms with van der Waals surface area (Å²) in [6.07, 6.45) is -2.43. The molecule has 0 bridgehead atoms. The van der Waals surface area contributed by atoms with Crippen molar-refractivity contribution in [2.75, 3.05) is 12.3 Å². The number of phosphoric acid groups is 2. The first-order valence-electron chi connectivity index (χ1n) is 7.25. The van der Waals surface area contributed by atoms with Crippen molar-refractivity contribution in [3.05, 3.63) is 22.7 Å². The second-order valence-electron chi connectivity index (χ2n) is 5.48. The Bertz CT molecular complexity index is 954. The molecule has 1 aliphatic rings. The molecule has 29 heavy (non-hydrogen) atoms. The molecule has 0 aliphatic carbocycles. The Morgan fingerprint density at radius 1 is 1.31 bits per heavy atom. The van der Waals surface area contributed by atoms with E-state index in [2.05, 4.69) is 38.0 Å². The van der Waals surface area contributed by atoms with Crippen LogP contribution in [0, 0.1) is 0 Å². The third-order valence-electron chi connectivity index (χ3n) is 3.28. The van der Waals surface area contributed by atoms with Gasteiger partial charge in [0.1, 0.15) is 11.9 Å². The van der Waals surface area contributed by atoms with Crippen LogP contribution >= 0.6 is 35.0 Å². The number of hydrogen-bond acceptors (Lipinski definition) is 12. The Balaban J connectivity index is 2.05. The largest absolute Gasteiger partial charge is 0.488 e. The zero-order valence-electron chi connectivity index (χ0n) is 13.9. The van der Waals surface area contributed by atoms with Crippen LogP contribution in [0.25, 0.3) is 0 Å². The maximum absolute atomic E-state index is 11.9. The van der Waals surface area contributed by atoms with Crippen LogP contribution < -0.4 is 11.4 Å². The number of hydrogen-bond donors (Lipinski definition) is 7. The van der Waals surface area contributed by atoms with Crippen LogP contribution in [0.5, 0.6) is 0 Å². The average molecular weight is 515 g/mol. The van der Waals surface area contributed by atoms with Gasteiger partial charge in [-0.2, -0.15) is 21.9 Å². The molecule has 2 unspecified atom stereocenters. The summed E-state index contributed by atoms with van der Waals surface area (Å²) in [5.41, 5.74) is 4.61. The van der Waals surface area contributed by atoms with Crippen LogP contribution in [0.2, 0.25) is 0 Å². The van der Waals surface area contributed by atoms with Crippen molar-refractivity contribution in [3.63, 3.8) is 0 Å². The topological polar surface area (TPSA) is 233 Å². The van der Waals surface area contributed by atoms with Crippen molar-refractivity contribution in [2.45, 2.75) is 23.7 Å². The molecule has 1 saturated heterocycles. The van der Waals surface area contributed by atoms with Crippen LogP contribution in [-0.2, 0) is 38.8 Å². The first-order valence-corrected chi connectivity index (χ1v) is 13.4. The van der Waals surface area contributed by atoms with Gasteiger partial charge in [-0.25, -0.2) is 18.2 Å². The second-order valence-corrected chi connectivity index (χ2v) is 11.9. The third kappa shape index (κ3) is 7.16. The highest BCUT2D eigenvalue weighted by Crippen LogP contribution is 2.66. The van der Waals surface area contributed by atoms with E-state index in [1.807, 2.05) is 0 Å². The van der Waals surface area contributed by atoms with Gasteiger partial charge in [0, 0.05) is 6.20 Å². The summed E-state index contributed by atoms with van der Waals surface area (Å²) in [6, 6.07) is 1.31. The van der Waals surface area contributed by atoms with Gasteiger partial charge in [0.15, 0.2) is 6.23 Å². The highest BCUT2D eigenvalue weighted by molar-refractivity contribution is 8.08. The third-order valence-corrected chi connectivity index (χ3v) is 8.56. The van der Waals surface area contributed by atoms with Crippen LogP contribution in [0.15, 0.2) is 17.1 Å². The molecule has 0 amide bonds. The van der Waals surface area contributed by atoms with Crippen LogP contribution in [0.3, 0.4) is 0 Å². The van der Waals surface area contributed by atoms with E-state index in [-0.39, 0.29) is 5.82 Å². The molecule has 1 aromatic rings. The summed E-state index contributed by atoms with van der Waals surface area (Å²) in [7, 11) is -10.9. The Morgan fingerprint density at radius 3 is 2.48 bits per heavy atom. The Hall–Kier alpha value is -0.220. The smallest absolute Gasteiger partial charge is 0.389 e. The average Bonchev–Trinajstić information content (AvgIpc) is 2.78. The van der Waals surface area contributed by atoms with Crippen molar-refractivity contribution >= 4 is 52.6 Å². The highest BCUT2D eigenvalue weighted by Gasteiger charge is 2.45. The number of thiol groups is 1. The molecule has 15 nitrogen and oxygen atoms in total. The lowest BCUT2D eigenvalue weighted by Crippen LogP contribution is -2.33. The SMILES string of the molecule is Nc1ccn([C@@H]2O[C@H](COP(O)(=S)OP(=O)(O)OP(=O)(O)O)[C@@H](O)[C@H]2S)c(=O)n1. The molecule has 0 radical (unpaired) electrons. The van der Waals surface area contributed by atoms with Gasteiger partial charge in [-0.1, -0.05) is 0 Å². The minimum absolute atomic E-state index is 0.0375. The van der Waals surface area contributed by atoms with E-state index in [1.54, 1.807) is 0 Å². The van der Waals surface area contributed by atoms with Crippen molar-refractivity contribution in [1.82, 2.24) is 9.55 Å². The predicted molar refractivity (Wildman–Crippen MR) is 102 cm³/mol. The van der Waals surface area contributed by atoms with Crippen molar-refractivity contribution < 1.29 is 51.7 Å². The Morgan fingerprint density at radius 2 is 1.93 bits per heavy atom. The molecule has 1 aromatic heterocycles. The molecular formula is C9H16N3O12P3S2. The Kier molecular flexibility index (Phi) is 7.86. The second kappa shape index (κ2) is 9.10. The molecule has 2 rings (SSSR count). The summed E-state index contributed by atoms with van der Waals surface area (Å²) in [4.78, 5) is 51.5. The molecule has 2 heterocycles. The summed E-state index contributed by atoms with van der Waals surface area (Å²) < 4.78 is 40.9. The minimum atomic E-state index is -5.47. The van der Waals surface area contributed by atoms with Gasteiger partial charge in [0.25, 0.3) is 0 Å². The fourth-order valence-corrected chi connectivity index (χ4v) is 6.56. The maximum Gasteiger partial charge on any atom is 0.488 e. The zero-order chi connectivity index (χ0) is 22.2. The summed E-state index contributed by atoms with van der Waals surface area (Å²) in [5.74, 6) is -0.0375. The van der Waals surface area contributed by atoms with E-state index in [4.69, 9.17) is 24.8 Å². The van der Waals surface area contributed by atoms with E-state index < -0.39 is 58.3 Å². The lowest BCUT2D eigenvalue weighted by atomic mass is 10.2. The van der Waals surface area contributed by atoms with Gasteiger partial charge in [0.05, 0.1) is 18.0 Å². The number of anilines is 1. The summed E-state index contributed by atoms with van der Waals surface area (Å²) in [5, 5.41) is 9.25. The van der Waals surface area contributed by atoms with E-state index in [0.717, 1.165) is 4.57 Å². The number of aromatic nitrogens is 2. The van der Waals surface area contributed by atoms with Crippen LogP contribution in [-0.4, -0.2) is 58.3 Å². The van der Waals surface area contributed by atoms with Gasteiger partial charge >= 0.3 is 28.1 Å². The number of ether oxygens (including phenoxy) is 1. The molecule has 1 fully saturated rings. The summed E-state index contributed by atoms with van der Waals surface area (Å²) >= 11 is 8.62. The molecule has 6 atom stereocenters. The van der Waals surface area contributed by atoms with Crippen molar-refractivity contribution in [3.8, 4) is 0 Å². The van der Waals surface area contributed by atoms with Crippen LogP contribution in [0.1, 0.15) is 6.23 Å². The van der Waals surface area contributed by atoms with E-state index in [0.29, 0.717) is 0 Å². The fraction of sp³-hybridized carbons (Fsp3) is 0.556. The first kappa shape index (κ1) is 25.0. The van der Waals surface area contributed by atoms with Gasteiger partial charge in [-0.15, -0.1) is 0 Å². The first-order chi connectivity index (χ1) is 13.1. The van der Waals surface area contributed by atoms with E-state index >= 15 is 0 Å². The van der Waals surface area contributed by atoms with E-state index in [9.17, 15) is 28.8 Å². The quantitative estimate of drug-likeness (QED) is 0.160. The summed E-state index contributed by atoms with van der Waals surface area (Å²) in [6.45, 7) is -5.27. The van der Waals surface area contributed by atoms with Gasteiger partial charge in [-0.3, -0.25) is 4.57 Å². The van der Waals surface area contributed by atoms with Gasteiger partial charge < -0.3 is 39.7 Å². The van der Waals surface area contributed by atoms with Crippen molar-refractivity contribution in [2.24, 2.45) is 0 Å². The number of rotatable bonds is 8. The van der Waals surface area contributed by atoms with Crippen LogP contribution in [0.4, 0.5) is 5.82 Å². The zero-order valence-corrected chi connectivity index (χ0v) is 18.3. The lowest BCUT2D eigenvalue weighted by molar-refractivity contribution is -0.0424. The van der Waals surface area contributed by atoms with Crippen molar-refractivity contribution in [1.29, 1.82) is 0 Å². The number of aliphatic hydroxyl groups excluding tert-OH is 1. The number of aliphatic hydroxyl groups is 1. The number of nitrogen functional groups attached to an aromatic ring is 1. The minimum Gasteiger partial charge on any atom is -0.389 e. The molecule has 0 aromatic carbocycles. The molecule has 166 valence electrons. The molecular weight excluding hydrogens is 499 g/mol. The van der Waals surface area contributed by atoms with E-state index in [1.165, 1.54) is 12.3 Å². The monoisotopic (exact) mass is 515 g/mol. The Labute approximate surface area is 172 Å². The number of nitrogens with zero attached hydrogens (tertiary/aromatic N) is 2. The normalized spacial score (nSPS) is 29.3. The number of nitrogens with two attached hydrogens (primary N) is 1. The maximum atomic E-state index is 11.9. The molecule has 1 aliphatic heterocycles. The standard InChI is InChI=1S/C9H16N3O12P3S2/c10-5-1-2-12(9(14)11-5)8-7(28)6(13)4(22-8)3-21-27(20,29)24-26(18,19)23-25(15,16)17/h1-2,4,6-8,13,28H,3H2,(H,18,19)(H,20,29)(H2,10,11,14)(H2,15,16,17)/t4-,6-,7-,8-,27?/m1/s1. The molecule has 20 heteroatoms. The molecule has 7 N–H and O–H groups in total. The lowest BCUT2D eigenvalue weighted by Gasteiger charge is -2.21. The van der Waals surface area contributed by atoms with Gasteiger partial charge in [-0.05, 0) is 17.9 Å². The van der Waals surface area contributed by atoms with Gasteiger partial charge in [0.2, 0.25) is 0 Å². The highest BCUT2D eigenvalue weighted by atomic mass is 32.5. The fourth-order valence-electron chi connectivity index (χ4n) is 2.19. The molecule has 0 saturated carbocycles.